The van der Waals surface area contributed by atoms with Crippen molar-refractivity contribution in [2.24, 2.45) is 5.92 Å². The molecule has 3 aromatic rings. The van der Waals surface area contributed by atoms with Gasteiger partial charge in [0.1, 0.15) is 17.3 Å². The molecular formula is C25H25F2N3O4S. The predicted octanol–water partition coefficient (Wildman–Crippen LogP) is 4.78. The third-order valence-corrected chi connectivity index (χ3v) is 7.97. The molecule has 1 amide bonds. The van der Waals surface area contributed by atoms with Crippen LogP contribution in [-0.4, -0.2) is 36.9 Å². The first-order valence-corrected chi connectivity index (χ1v) is 12.6. The highest BCUT2D eigenvalue weighted by molar-refractivity contribution is 7.89. The van der Waals surface area contributed by atoms with Gasteiger partial charge in [-0.05, 0) is 62.6 Å². The Labute approximate surface area is 202 Å². The van der Waals surface area contributed by atoms with Crippen LogP contribution >= 0.6 is 0 Å². The van der Waals surface area contributed by atoms with E-state index in [1.807, 2.05) is 0 Å². The minimum absolute atomic E-state index is 0.0209. The van der Waals surface area contributed by atoms with Crippen LogP contribution in [0.15, 0.2) is 51.9 Å². The molecule has 184 valence electrons. The lowest BCUT2D eigenvalue weighted by atomic mass is 9.98. The van der Waals surface area contributed by atoms with E-state index in [1.54, 1.807) is 37.3 Å². The van der Waals surface area contributed by atoms with Gasteiger partial charge >= 0.3 is 0 Å². The lowest BCUT2D eigenvalue weighted by Gasteiger charge is -2.31. The van der Waals surface area contributed by atoms with Crippen LogP contribution in [0.3, 0.4) is 0 Å². The molecule has 7 nitrogen and oxygen atoms in total. The quantitative estimate of drug-likeness (QED) is 0.525. The van der Waals surface area contributed by atoms with Crippen LogP contribution in [0.2, 0.25) is 0 Å². The van der Waals surface area contributed by atoms with Crippen molar-refractivity contribution < 1.29 is 26.5 Å². The molecule has 1 unspecified atom stereocenters. The van der Waals surface area contributed by atoms with Gasteiger partial charge in [-0.1, -0.05) is 29.4 Å². The minimum Gasteiger partial charge on any atom is -0.355 e. The van der Waals surface area contributed by atoms with Crippen LogP contribution in [0.4, 0.5) is 14.5 Å². The number of amides is 1. The first-order chi connectivity index (χ1) is 16.7. The fraction of sp³-hybridized carbons (Fsp3) is 0.280. The number of anilines is 1. The molecule has 35 heavy (non-hydrogen) atoms. The number of rotatable bonds is 6. The summed E-state index contributed by atoms with van der Waals surface area (Å²) in [6, 6.07) is 10.5. The van der Waals surface area contributed by atoms with Crippen LogP contribution in [0.1, 0.15) is 35.4 Å². The average Bonchev–Trinajstić information content (AvgIpc) is 3.22. The number of piperidine rings is 1. The average molecular weight is 502 g/mol. The Morgan fingerprint density at radius 1 is 1.14 bits per heavy atom. The van der Waals surface area contributed by atoms with E-state index in [2.05, 4.69) is 10.5 Å². The second-order valence-electron chi connectivity index (χ2n) is 8.47. The highest BCUT2D eigenvalue weighted by Gasteiger charge is 2.37. The summed E-state index contributed by atoms with van der Waals surface area (Å²) in [5.74, 6) is -1.90. The maximum atomic E-state index is 14.0. The van der Waals surface area contributed by atoms with Gasteiger partial charge in [-0.2, -0.15) is 4.31 Å². The second-order valence-corrected chi connectivity index (χ2v) is 10.3. The molecule has 1 aliphatic heterocycles. The zero-order valence-corrected chi connectivity index (χ0v) is 20.1. The Hall–Kier alpha value is -3.37. The topological polar surface area (TPSA) is 92.5 Å². The third kappa shape index (κ3) is 5.33. The normalized spacial score (nSPS) is 17.1. The molecular weight excluding hydrogens is 476 g/mol. The predicted molar refractivity (Wildman–Crippen MR) is 128 cm³/mol. The lowest BCUT2D eigenvalue weighted by molar-refractivity contribution is -0.120. The SMILES string of the molecule is Cc1ccc(NC(=O)C2CCCN(S(=O)(=O)c3c(C)noc3C=Cc3ccccc3F)C2)cc1F. The fourth-order valence-electron chi connectivity index (χ4n) is 3.99. The van der Waals surface area contributed by atoms with Crippen molar-refractivity contribution in [1.82, 2.24) is 9.46 Å². The van der Waals surface area contributed by atoms with E-state index < -0.39 is 27.6 Å². The lowest BCUT2D eigenvalue weighted by Crippen LogP contribution is -2.43. The number of aromatic nitrogens is 1. The van der Waals surface area contributed by atoms with Crippen LogP contribution < -0.4 is 5.32 Å². The minimum atomic E-state index is -4.05. The molecule has 0 spiro atoms. The number of sulfonamides is 1. The number of halogens is 2. The molecule has 4 rings (SSSR count). The van der Waals surface area contributed by atoms with Gasteiger partial charge < -0.3 is 9.84 Å². The highest BCUT2D eigenvalue weighted by atomic mass is 32.2. The van der Waals surface area contributed by atoms with E-state index >= 15 is 0 Å². The van der Waals surface area contributed by atoms with Crippen molar-refractivity contribution in [3.05, 3.63) is 76.7 Å². The zero-order valence-electron chi connectivity index (χ0n) is 19.3. The summed E-state index contributed by atoms with van der Waals surface area (Å²) in [4.78, 5) is 12.7. The van der Waals surface area contributed by atoms with Crippen molar-refractivity contribution in [3.63, 3.8) is 0 Å². The van der Waals surface area contributed by atoms with Gasteiger partial charge in [0.05, 0.1) is 5.92 Å². The number of aryl methyl sites for hydroxylation is 2. The molecule has 2 aromatic carbocycles. The Morgan fingerprint density at radius 3 is 2.66 bits per heavy atom. The van der Waals surface area contributed by atoms with E-state index in [0.29, 0.717) is 24.1 Å². The van der Waals surface area contributed by atoms with Crippen molar-refractivity contribution in [2.45, 2.75) is 31.6 Å². The Bertz CT molecular complexity index is 1390. The van der Waals surface area contributed by atoms with Gasteiger partial charge in [-0.15, -0.1) is 0 Å². The molecule has 1 fully saturated rings. The summed E-state index contributed by atoms with van der Waals surface area (Å²) in [6.45, 7) is 3.32. The van der Waals surface area contributed by atoms with E-state index in [-0.39, 0.29) is 40.9 Å². The van der Waals surface area contributed by atoms with E-state index in [4.69, 9.17) is 4.52 Å². The number of hydrogen-bond donors (Lipinski definition) is 1. The molecule has 1 aromatic heterocycles. The Morgan fingerprint density at radius 2 is 1.91 bits per heavy atom. The Kier molecular flexibility index (Phi) is 7.13. The van der Waals surface area contributed by atoms with Gasteiger partial charge in [0.25, 0.3) is 0 Å². The van der Waals surface area contributed by atoms with E-state index in [0.717, 1.165) is 0 Å². The first-order valence-electron chi connectivity index (χ1n) is 11.1. The largest absolute Gasteiger partial charge is 0.355 e. The van der Waals surface area contributed by atoms with E-state index in [9.17, 15) is 22.0 Å². The number of hydrogen-bond acceptors (Lipinski definition) is 5. The summed E-state index contributed by atoms with van der Waals surface area (Å²) in [6.07, 6.45) is 3.76. The molecule has 1 N–H and O–H groups in total. The molecule has 0 saturated carbocycles. The third-order valence-electron chi connectivity index (χ3n) is 5.94. The Balaban J connectivity index is 1.54. The molecule has 10 heteroatoms. The van der Waals surface area contributed by atoms with Crippen molar-refractivity contribution in [3.8, 4) is 0 Å². The number of carbonyl (C=O) groups excluding carboxylic acids is 1. The standard InChI is InChI=1S/C25H25F2N3O4S/c1-16-9-11-20(14-22(16)27)28-25(31)19-7-5-13-30(15-19)35(32,33)24-17(2)29-34-23(24)12-10-18-6-3-4-8-21(18)26/h3-4,6,8-12,14,19H,5,7,13,15H2,1-2H3,(H,28,31). The van der Waals surface area contributed by atoms with Gasteiger partial charge in [-0.3, -0.25) is 4.79 Å². The summed E-state index contributed by atoms with van der Waals surface area (Å²) < 4.78 is 61.3. The van der Waals surface area contributed by atoms with Gasteiger partial charge in [0, 0.05) is 24.3 Å². The van der Waals surface area contributed by atoms with Crippen molar-refractivity contribution in [1.29, 1.82) is 0 Å². The molecule has 0 radical (unpaired) electrons. The summed E-state index contributed by atoms with van der Waals surface area (Å²) in [5, 5.41) is 6.47. The summed E-state index contributed by atoms with van der Waals surface area (Å²) in [7, 11) is -4.05. The van der Waals surface area contributed by atoms with Crippen LogP contribution in [-0.2, 0) is 14.8 Å². The van der Waals surface area contributed by atoms with Crippen LogP contribution in [0.25, 0.3) is 12.2 Å². The van der Waals surface area contributed by atoms with Crippen LogP contribution in [0.5, 0.6) is 0 Å². The van der Waals surface area contributed by atoms with Crippen LogP contribution in [0, 0.1) is 31.4 Å². The molecule has 1 saturated heterocycles. The summed E-state index contributed by atoms with van der Waals surface area (Å²) >= 11 is 0. The molecule has 1 atom stereocenters. The number of benzene rings is 2. The van der Waals surface area contributed by atoms with Crippen molar-refractivity contribution in [2.75, 3.05) is 18.4 Å². The molecule has 2 heterocycles. The number of carbonyl (C=O) groups is 1. The second kappa shape index (κ2) is 10.1. The van der Waals surface area contributed by atoms with Crippen molar-refractivity contribution >= 4 is 33.8 Å². The molecule has 1 aliphatic rings. The van der Waals surface area contributed by atoms with E-state index in [1.165, 1.54) is 35.5 Å². The molecule has 0 aliphatic carbocycles. The maximum Gasteiger partial charge on any atom is 0.248 e. The van der Waals surface area contributed by atoms with Gasteiger partial charge in [0.15, 0.2) is 10.7 Å². The smallest absolute Gasteiger partial charge is 0.248 e. The highest BCUT2D eigenvalue weighted by Crippen LogP contribution is 2.30. The first kappa shape index (κ1) is 24.7. The molecule has 0 bridgehead atoms. The van der Waals surface area contributed by atoms with Gasteiger partial charge in [-0.25, -0.2) is 17.2 Å². The number of nitrogens with zero attached hydrogens (tertiary/aromatic N) is 2. The monoisotopic (exact) mass is 501 g/mol. The summed E-state index contributed by atoms with van der Waals surface area (Å²) in [5.41, 5.74) is 1.21. The maximum absolute atomic E-state index is 14.0. The fourth-order valence-corrected chi connectivity index (χ4v) is 5.77. The van der Waals surface area contributed by atoms with Gasteiger partial charge in [0.2, 0.25) is 15.9 Å². The zero-order chi connectivity index (χ0) is 25.2. The number of nitrogens with one attached hydrogen (secondary N) is 1.